The van der Waals surface area contributed by atoms with Gasteiger partial charge >= 0.3 is 0 Å². The van der Waals surface area contributed by atoms with Crippen LogP contribution in [0.3, 0.4) is 0 Å². The number of hydrogen-bond donors (Lipinski definition) is 1. The lowest BCUT2D eigenvalue weighted by Crippen LogP contribution is -2.43. The third-order valence-electron chi connectivity index (χ3n) is 3.36. The van der Waals surface area contributed by atoms with E-state index in [1.165, 1.54) is 12.1 Å². The van der Waals surface area contributed by atoms with Crippen molar-refractivity contribution >= 4 is 34.2 Å². The Morgan fingerprint density at radius 3 is 2.58 bits per heavy atom. The quantitative estimate of drug-likeness (QED) is 0.888. The van der Waals surface area contributed by atoms with Crippen LogP contribution < -0.4 is 5.32 Å². The van der Waals surface area contributed by atoms with E-state index in [4.69, 9.17) is 0 Å². The Labute approximate surface area is 127 Å². The van der Waals surface area contributed by atoms with Crippen molar-refractivity contribution in [3.8, 4) is 0 Å². The Balaban J connectivity index is 0.00000180. The van der Waals surface area contributed by atoms with Gasteiger partial charge in [0.1, 0.15) is 5.82 Å². The summed E-state index contributed by atoms with van der Waals surface area (Å²) in [6.45, 7) is 1.50. The summed E-state index contributed by atoms with van der Waals surface area (Å²) in [7, 11) is 1.94. The molecule has 1 aromatic rings. The normalized spacial score (nSPS) is 16.1. The summed E-state index contributed by atoms with van der Waals surface area (Å²) in [5.41, 5.74) is 0.534. The summed E-state index contributed by atoms with van der Waals surface area (Å²) in [5, 5.41) is 3.22. The highest BCUT2D eigenvalue weighted by Gasteiger charge is 2.22. The van der Waals surface area contributed by atoms with Crippen molar-refractivity contribution in [1.29, 1.82) is 0 Å². The molecule has 1 fully saturated rings. The Hall–Kier alpha value is -0.650. The number of nitrogens with zero attached hydrogens (tertiary/aromatic N) is 1. The lowest BCUT2D eigenvalue weighted by atomic mass is 10.0. The predicted octanol–water partition coefficient (Wildman–Crippen LogP) is 2.83. The number of likely N-dealkylation sites (tertiary alicyclic amines) is 1. The molecule has 0 aromatic heterocycles. The van der Waals surface area contributed by atoms with E-state index in [-0.39, 0.29) is 24.1 Å². The van der Waals surface area contributed by atoms with E-state index in [1.54, 1.807) is 6.07 Å². The van der Waals surface area contributed by atoms with Gasteiger partial charge in [0.25, 0.3) is 5.91 Å². The second-order valence-electron chi connectivity index (χ2n) is 4.48. The van der Waals surface area contributed by atoms with Gasteiger partial charge in [0.2, 0.25) is 0 Å². The molecule has 2 rings (SSSR count). The fourth-order valence-corrected chi connectivity index (χ4v) is 2.56. The minimum absolute atomic E-state index is 0. The number of amides is 1. The van der Waals surface area contributed by atoms with Gasteiger partial charge in [-0.25, -0.2) is 4.39 Å². The summed E-state index contributed by atoms with van der Waals surface area (Å²) in [6.07, 6.45) is 1.93. The highest BCUT2D eigenvalue weighted by Crippen LogP contribution is 2.19. The maximum Gasteiger partial charge on any atom is 0.253 e. The minimum Gasteiger partial charge on any atom is -0.339 e. The minimum atomic E-state index is -0.347. The predicted molar refractivity (Wildman–Crippen MR) is 79.3 cm³/mol. The van der Waals surface area contributed by atoms with Crippen LogP contribution in [-0.4, -0.2) is 37.0 Å². The summed E-state index contributed by atoms with van der Waals surface area (Å²) < 4.78 is 13.5. The third-order valence-corrected chi connectivity index (χ3v) is 3.96. The monoisotopic (exact) mass is 350 g/mol. The van der Waals surface area contributed by atoms with Crippen molar-refractivity contribution in [2.45, 2.75) is 18.9 Å². The lowest BCUT2D eigenvalue weighted by molar-refractivity contribution is 0.0707. The van der Waals surface area contributed by atoms with Crippen LogP contribution in [0.25, 0.3) is 0 Å². The van der Waals surface area contributed by atoms with E-state index in [2.05, 4.69) is 21.2 Å². The van der Waals surface area contributed by atoms with E-state index in [0.29, 0.717) is 16.1 Å². The maximum atomic E-state index is 13.1. The lowest BCUT2D eigenvalue weighted by Gasteiger charge is -2.31. The van der Waals surface area contributed by atoms with E-state index in [9.17, 15) is 9.18 Å². The fourth-order valence-electron chi connectivity index (χ4n) is 2.18. The molecule has 0 saturated carbocycles. The van der Waals surface area contributed by atoms with Gasteiger partial charge in [0, 0.05) is 24.7 Å². The van der Waals surface area contributed by atoms with Gasteiger partial charge in [-0.15, -0.1) is 12.4 Å². The Morgan fingerprint density at radius 2 is 2.05 bits per heavy atom. The standard InChI is InChI=1S/C13H16BrFN2O.ClH/c1-16-10-4-6-17(7-5-10)13(18)9-2-3-12(15)11(14)8-9;/h2-3,8,10,16H,4-7H2,1H3;1H. The molecule has 0 bridgehead atoms. The Morgan fingerprint density at radius 1 is 1.42 bits per heavy atom. The van der Waals surface area contributed by atoms with Gasteiger partial charge in [-0.2, -0.15) is 0 Å². The number of nitrogens with one attached hydrogen (secondary N) is 1. The largest absolute Gasteiger partial charge is 0.339 e. The molecule has 1 saturated heterocycles. The van der Waals surface area contributed by atoms with Crippen molar-refractivity contribution < 1.29 is 9.18 Å². The van der Waals surface area contributed by atoms with Crippen LogP contribution in [0.5, 0.6) is 0 Å². The van der Waals surface area contributed by atoms with Gasteiger partial charge < -0.3 is 10.2 Å². The first-order valence-electron chi connectivity index (χ1n) is 6.03. The number of halogens is 3. The molecule has 0 unspecified atom stereocenters. The highest BCUT2D eigenvalue weighted by molar-refractivity contribution is 9.10. The SMILES string of the molecule is CNC1CCN(C(=O)c2ccc(F)c(Br)c2)CC1.Cl. The van der Waals surface area contributed by atoms with E-state index < -0.39 is 0 Å². The number of hydrogen-bond acceptors (Lipinski definition) is 2. The maximum absolute atomic E-state index is 13.1. The highest BCUT2D eigenvalue weighted by atomic mass is 79.9. The molecule has 19 heavy (non-hydrogen) atoms. The average Bonchev–Trinajstić information content (AvgIpc) is 2.41. The Kier molecular flexibility index (Phi) is 6.23. The van der Waals surface area contributed by atoms with Crippen LogP contribution in [-0.2, 0) is 0 Å². The molecule has 1 amide bonds. The molecular formula is C13H17BrClFN2O. The molecule has 0 atom stereocenters. The molecular weight excluding hydrogens is 335 g/mol. The van der Waals surface area contributed by atoms with E-state index in [1.807, 2.05) is 11.9 Å². The molecule has 6 heteroatoms. The molecule has 1 aromatic carbocycles. The third kappa shape index (κ3) is 3.91. The van der Waals surface area contributed by atoms with Crippen molar-refractivity contribution in [2.75, 3.05) is 20.1 Å². The van der Waals surface area contributed by atoms with Crippen LogP contribution in [0.2, 0.25) is 0 Å². The molecule has 1 N–H and O–H groups in total. The van der Waals surface area contributed by atoms with Gasteiger partial charge in [0.05, 0.1) is 4.47 Å². The van der Waals surface area contributed by atoms with Crippen molar-refractivity contribution in [3.63, 3.8) is 0 Å². The molecule has 3 nitrogen and oxygen atoms in total. The summed E-state index contributed by atoms with van der Waals surface area (Å²) >= 11 is 3.10. The van der Waals surface area contributed by atoms with Crippen LogP contribution in [0, 0.1) is 5.82 Å². The van der Waals surface area contributed by atoms with Gasteiger partial charge in [-0.05, 0) is 54.0 Å². The smallest absolute Gasteiger partial charge is 0.253 e. The number of carbonyl (C=O) groups is 1. The van der Waals surface area contributed by atoms with Crippen LogP contribution in [0.15, 0.2) is 22.7 Å². The van der Waals surface area contributed by atoms with E-state index >= 15 is 0 Å². The van der Waals surface area contributed by atoms with Crippen LogP contribution in [0.1, 0.15) is 23.2 Å². The zero-order valence-corrected chi connectivity index (χ0v) is 13.1. The molecule has 0 radical (unpaired) electrons. The second kappa shape index (κ2) is 7.22. The Bertz CT molecular complexity index is 450. The first-order valence-corrected chi connectivity index (χ1v) is 6.82. The van der Waals surface area contributed by atoms with Crippen molar-refractivity contribution in [1.82, 2.24) is 10.2 Å². The summed E-state index contributed by atoms with van der Waals surface area (Å²) in [6, 6.07) is 4.89. The van der Waals surface area contributed by atoms with Gasteiger partial charge in [-0.1, -0.05) is 0 Å². The molecule has 106 valence electrons. The van der Waals surface area contributed by atoms with Gasteiger partial charge in [0.15, 0.2) is 0 Å². The number of benzene rings is 1. The van der Waals surface area contributed by atoms with Crippen LogP contribution >= 0.6 is 28.3 Å². The zero-order valence-electron chi connectivity index (χ0n) is 10.7. The topological polar surface area (TPSA) is 32.3 Å². The first-order chi connectivity index (χ1) is 8.61. The average molecular weight is 352 g/mol. The molecule has 0 aliphatic carbocycles. The van der Waals surface area contributed by atoms with Crippen LogP contribution in [0.4, 0.5) is 4.39 Å². The molecule has 0 spiro atoms. The summed E-state index contributed by atoms with van der Waals surface area (Å²) in [5.74, 6) is -0.370. The number of carbonyl (C=O) groups excluding carboxylic acids is 1. The zero-order chi connectivity index (χ0) is 13.1. The second-order valence-corrected chi connectivity index (χ2v) is 5.34. The summed E-state index contributed by atoms with van der Waals surface area (Å²) in [4.78, 5) is 14.0. The first kappa shape index (κ1) is 16.4. The number of piperidine rings is 1. The van der Waals surface area contributed by atoms with Gasteiger partial charge in [-0.3, -0.25) is 4.79 Å². The van der Waals surface area contributed by atoms with Crippen molar-refractivity contribution in [2.24, 2.45) is 0 Å². The van der Waals surface area contributed by atoms with Crippen molar-refractivity contribution in [3.05, 3.63) is 34.1 Å². The fraction of sp³-hybridized carbons (Fsp3) is 0.462. The molecule has 1 aliphatic rings. The number of rotatable bonds is 2. The molecule has 1 heterocycles. The molecule has 1 aliphatic heterocycles. The van der Waals surface area contributed by atoms with E-state index in [0.717, 1.165) is 25.9 Å².